The molecule has 1 rings (SSSR count). The molecule has 0 aliphatic carbocycles. The second kappa shape index (κ2) is 11.1. The van der Waals surface area contributed by atoms with E-state index in [2.05, 4.69) is 10.6 Å². The second-order valence-corrected chi connectivity index (χ2v) is 5.71. The smallest absolute Gasteiger partial charge is 0.220 e. The van der Waals surface area contributed by atoms with Gasteiger partial charge in [0.05, 0.1) is 7.11 Å². The summed E-state index contributed by atoms with van der Waals surface area (Å²) in [6, 6.07) is 7.37. The van der Waals surface area contributed by atoms with Gasteiger partial charge in [-0.05, 0) is 17.7 Å². The van der Waals surface area contributed by atoms with Crippen LogP contribution >= 0.6 is 23.2 Å². The first-order valence-corrected chi connectivity index (χ1v) is 8.46. The predicted molar refractivity (Wildman–Crippen MR) is 92.4 cm³/mol. The van der Waals surface area contributed by atoms with Gasteiger partial charge in [0.25, 0.3) is 0 Å². The first kappa shape index (κ1) is 19.6. The van der Waals surface area contributed by atoms with Gasteiger partial charge in [0, 0.05) is 43.6 Å². The van der Waals surface area contributed by atoms with Crippen molar-refractivity contribution in [2.45, 2.75) is 18.8 Å². The maximum atomic E-state index is 12.0. The molecule has 1 aromatic rings. The lowest BCUT2D eigenvalue weighted by molar-refractivity contribution is -0.122. The minimum absolute atomic E-state index is 0.128. The largest absolute Gasteiger partial charge is 0.497 e. The molecule has 128 valence electrons. The van der Waals surface area contributed by atoms with Crippen LogP contribution in [0.1, 0.15) is 24.3 Å². The summed E-state index contributed by atoms with van der Waals surface area (Å²) in [5.74, 6) is 0.968. The van der Waals surface area contributed by atoms with Crippen molar-refractivity contribution in [2.75, 3.05) is 32.0 Å². The number of alkyl halides is 2. The van der Waals surface area contributed by atoms with Gasteiger partial charge in [-0.3, -0.25) is 9.59 Å². The van der Waals surface area contributed by atoms with Crippen molar-refractivity contribution in [1.29, 1.82) is 0 Å². The Hall–Kier alpha value is -1.46. The van der Waals surface area contributed by atoms with Crippen LogP contribution in [-0.2, 0) is 9.59 Å². The van der Waals surface area contributed by atoms with E-state index in [0.717, 1.165) is 11.3 Å². The molecule has 0 saturated heterocycles. The summed E-state index contributed by atoms with van der Waals surface area (Å²) in [6.07, 6.45) is 0.440. The second-order valence-electron chi connectivity index (χ2n) is 4.96. The minimum Gasteiger partial charge on any atom is -0.497 e. The number of benzene rings is 1. The molecule has 0 saturated carbocycles. The third kappa shape index (κ3) is 7.57. The summed E-state index contributed by atoms with van der Waals surface area (Å²) in [4.78, 5) is 23.9. The molecular formula is C16H22Cl2N2O3. The van der Waals surface area contributed by atoms with Crippen LogP contribution in [0, 0.1) is 0 Å². The van der Waals surface area contributed by atoms with Crippen molar-refractivity contribution in [2.24, 2.45) is 0 Å². The summed E-state index contributed by atoms with van der Waals surface area (Å²) in [5, 5.41) is 5.45. The molecule has 0 aliphatic heterocycles. The molecule has 1 aromatic carbocycles. The highest BCUT2D eigenvalue weighted by Gasteiger charge is 2.19. The summed E-state index contributed by atoms with van der Waals surface area (Å²) in [5.41, 5.74) is 0.910. The minimum atomic E-state index is -0.216. The SMILES string of the molecule is COc1ccc(C(CC(=O)NCCCl)CC(=O)NCCCl)cc1. The zero-order valence-electron chi connectivity index (χ0n) is 13.1. The van der Waals surface area contributed by atoms with Crippen LogP contribution in [-0.4, -0.2) is 43.8 Å². The van der Waals surface area contributed by atoms with Gasteiger partial charge in [0.2, 0.25) is 11.8 Å². The standard InChI is InChI=1S/C16H22Cl2N2O3/c1-23-14-4-2-12(3-5-14)13(10-15(21)19-8-6-17)11-16(22)20-9-7-18/h2-5,13H,6-11H2,1H3,(H,19,21)(H,20,22). The fourth-order valence-corrected chi connectivity index (χ4v) is 2.34. The molecule has 2 amide bonds. The van der Waals surface area contributed by atoms with E-state index >= 15 is 0 Å². The Morgan fingerprint density at radius 2 is 1.48 bits per heavy atom. The molecule has 0 bridgehead atoms. The molecule has 0 aliphatic rings. The van der Waals surface area contributed by atoms with E-state index in [1.807, 2.05) is 24.3 Å². The number of rotatable bonds is 10. The van der Waals surface area contributed by atoms with Crippen LogP contribution in [0.5, 0.6) is 5.75 Å². The highest BCUT2D eigenvalue weighted by Crippen LogP contribution is 2.25. The molecule has 0 fully saturated rings. The normalized spacial score (nSPS) is 10.4. The summed E-state index contributed by atoms with van der Waals surface area (Å²) >= 11 is 11.1. The molecule has 0 radical (unpaired) electrons. The van der Waals surface area contributed by atoms with E-state index in [0.29, 0.717) is 24.8 Å². The summed E-state index contributed by atoms with van der Waals surface area (Å²) in [7, 11) is 1.59. The van der Waals surface area contributed by atoms with Crippen LogP contribution in [0.3, 0.4) is 0 Å². The quantitative estimate of drug-likeness (QED) is 0.629. The molecule has 0 heterocycles. The van der Waals surface area contributed by atoms with Gasteiger partial charge in [0.15, 0.2) is 0 Å². The van der Waals surface area contributed by atoms with E-state index in [9.17, 15) is 9.59 Å². The Labute approximate surface area is 146 Å². The topological polar surface area (TPSA) is 67.4 Å². The monoisotopic (exact) mass is 360 g/mol. The Kier molecular flexibility index (Phi) is 9.48. The maximum Gasteiger partial charge on any atom is 0.220 e. The van der Waals surface area contributed by atoms with Crippen LogP contribution in [0.2, 0.25) is 0 Å². The predicted octanol–water partition coefficient (Wildman–Crippen LogP) is 2.27. The molecule has 5 nitrogen and oxygen atoms in total. The average Bonchev–Trinajstić information content (AvgIpc) is 2.57. The molecule has 2 N–H and O–H groups in total. The van der Waals surface area contributed by atoms with Gasteiger partial charge >= 0.3 is 0 Å². The fraction of sp³-hybridized carbons (Fsp3) is 0.500. The van der Waals surface area contributed by atoms with E-state index < -0.39 is 0 Å². The Morgan fingerprint density at radius 3 is 1.87 bits per heavy atom. The Bertz CT molecular complexity index is 473. The molecule has 0 atom stereocenters. The van der Waals surface area contributed by atoms with E-state index in [4.69, 9.17) is 27.9 Å². The van der Waals surface area contributed by atoms with E-state index in [1.165, 1.54) is 0 Å². The molecule has 7 heteroatoms. The molecule has 23 heavy (non-hydrogen) atoms. The van der Waals surface area contributed by atoms with Gasteiger partial charge in [-0.25, -0.2) is 0 Å². The number of carbonyl (C=O) groups is 2. The lowest BCUT2D eigenvalue weighted by Crippen LogP contribution is -2.30. The number of hydrogen-bond donors (Lipinski definition) is 2. The van der Waals surface area contributed by atoms with E-state index in [1.54, 1.807) is 7.11 Å². The summed E-state index contributed by atoms with van der Waals surface area (Å²) in [6.45, 7) is 0.822. The van der Waals surface area contributed by atoms with Crippen LogP contribution < -0.4 is 15.4 Å². The van der Waals surface area contributed by atoms with Crippen LogP contribution in [0.15, 0.2) is 24.3 Å². The first-order valence-electron chi connectivity index (χ1n) is 7.40. The average molecular weight is 361 g/mol. The van der Waals surface area contributed by atoms with Crippen molar-refractivity contribution in [3.8, 4) is 5.75 Å². The van der Waals surface area contributed by atoms with Crippen molar-refractivity contribution >= 4 is 35.0 Å². The van der Waals surface area contributed by atoms with Crippen LogP contribution in [0.25, 0.3) is 0 Å². The van der Waals surface area contributed by atoms with Crippen molar-refractivity contribution in [3.05, 3.63) is 29.8 Å². The third-order valence-electron chi connectivity index (χ3n) is 3.28. The van der Waals surface area contributed by atoms with Crippen molar-refractivity contribution in [1.82, 2.24) is 10.6 Å². The van der Waals surface area contributed by atoms with Gasteiger partial charge in [-0.1, -0.05) is 12.1 Å². The van der Waals surface area contributed by atoms with Gasteiger partial charge in [0.1, 0.15) is 5.75 Å². The van der Waals surface area contributed by atoms with Gasteiger partial charge in [-0.15, -0.1) is 23.2 Å². The van der Waals surface area contributed by atoms with Crippen LogP contribution in [0.4, 0.5) is 0 Å². The van der Waals surface area contributed by atoms with Crippen molar-refractivity contribution in [3.63, 3.8) is 0 Å². The molecule has 0 spiro atoms. The number of carbonyl (C=O) groups excluding carboxylic acids is 2. The highest BCUT2D eigenvalue weighted by atomic mass is 35.5. The van der Waals surface area contributed by atoms with Crippen molar-refractivity contribution < 1.29 is 14.3 Å². The van der Waals surface area contributed by atoms with Gasteiger partial charge < -0.3 is 15.4 Å². The number of nitrogens with one attached hydrogen (secondary N) is 2. The first-order chi connectivity index (χ1) is 11.1. The number of hydrogen-bond acceptors (Lipinski definition) is 3. The molecular weight excluding hydrogens is 339 g/mol. The van der Waals surface area contributed by atoms with E-state index in [-0.39, 0.29) is 30.6 Å². The Morgan fingerprint density at radius 1 is 1.00 bits per heavy atom. The number of ether oxygens (including phenoxy) is 1. The zero-order valence-corrected chi connectivity index (χ0v) is 14.6. The molecule has 0 aromatic heterocycles. The Balaban J connectivity index is 2.77. The fourth-order valence-electron chi connectivity index (χ4n) is 2.15. The maximum absolute atomic E-state index is 12.0. The number of halogens is 2. The lowest BCUT2D eigenvalue weighted by atomic mass is 9.91. The zero-order chi connectivity index (χ0) is 17.1. The highest BCUT2D eigenvalue weighted by molar-refractivity contribution is 6.18. The number of amides is 2. The number of methoxy groups -OCH3 is 1. The lowest BCUT2D eigenvalue weighted by Gasteiger charge is -2.17. The third-order valence-corrected chi connectivity index (χ3v) is 3.66. The summed E-state index contributed by atoms with van der Waals surface area (Å²) < 4.78 is 5.13. The van der Waals surface area contributed by atoms with Gasteiger partial charge in [-0.2, -0.15) is 0 Å². The molecule has 0 unspecified atom stereocenters.